The normalized spacial score (nSPS) is 14.1. The summed E-state index contributed by atoms with van der Waals surface area (Å²) in [6.45, 7) is 2.02. The molecule has 1 heterocycles. The molecule has 1 aromatic heterocycles. The fourth-order valence-corrected chi connectivity index (χ4v) is 1.43. The van der Waals surface area contributed by atoms with Crippen LogP contribution in [0.2, 0.25) is 0 Å². The van der Waals surface area contributed by atoms with Crippen LogP contribution in [-0.4, -0.2) is 22.8 Å². The van der Waals surface area contributed by atoms with Gasteiger partial charge < -0.3 is 9.32 Å². The second kappa shape index (κ2) is 4.40. The van der Waals surface area contributed by atoms with Crippen LogP contribution in [0.25, 0.3) is 0 Å². The third-order valence-corrected chi connectivity index (χ3v) is 2.50. The van der Waals surface area contributed by atoms with Gasteiger partial charge in [0.15, 0.2) is 0 Å². The maximum absolute atomic E-state index is 11.4. The Bertz CT molecular complexity index is 449. The Balaban J connectivity index is 1.96. The number of hydrogen-bond acceptors (Lipinski definition) is 3. The number of rotatable bonds is 3. The SMILES string of the molecule is CC#CC(=O)N(C)Cc1ncc(C2CC2)o1. The predicted molar refractivity (Wildman–Crippen MR) is 58.4 cm³/mol. The molecule has 0 bridgehead atoms. The highest BCUT2D eigenvalue weighted by atomic mass is 16.4. The number of carbonyl (C=O) groups is 1. The molecule has 0 aromatic carbocycles. The van der Waals surface area contributed by atoms with E-state index in [1.54, 1.807) is 20.2 Å². The molecule has 4 nitrogen and oxygen atoms in total. The summed E-state index contributed by atoms with van der Waals surface area (Å²) in [5.74, 6) is 6.91. The molecule has 0 N–H and O–H groups in total. The van der Waals surface area contributed by atoms with E-state index in [1.807, 2.05) is 0 Å². The first kappa shape index (κ1) is 10.7. The summed E-state index contributed by atoms with van der Waals surface area (Å²) in [4.78, 5) is 17.0. The molecule has 0 atom stereocenters. The topological polar surface area (TPSA) is 46.3 Å². The highest BCUT2D eigenvalue weighted by Crippen LogP contribution is 2.40. The van der Waals surface area contributed by atoms with Gasteiger partial charge >= 0.3 is 0 Å². The molecule has 16 heavy (non-hydrogen) atoms. The number of carbonyl (C=O) groups excluding carboxylic acids is 1. The number of aromatic nitrogens is 1. The molecule has 1 amide bonds. The van der Waals surface area contributed by atoms with E-state index in [-0.39, 0.29) is 5.91 Å². The van der Waals surface area contributed by atoms with Crippen molar-refractivity contribution in [3.63, 3.8) is 0 Å². The molecule has 2 rings (SSSR count). The highest BCUT2D eigenvalue weighted by molar-refractivity contribution is 5.93. The molecule has 0 saturated heterocycles. The third-order valence-electron chi connectivity index (χ3n) is 2.50. The average molecular weight is 218 g/mol. The lowest BCUT2D eigenvalue weighted by atomic mass is 10.3. The predicted octanol–water partition coefficient (Wildman–Crippen LogP) is 1.53. The lowest BCUT2D eigenvalue weighted by molar-refractivity contribution is -0.124. The van der Waals surface area contributed by atoms with Crippen LogP contribution in [-0.2, 0) is 11.3 Å². The fraction of sp³-hybridized carbons (Fsp3) is 0.500. The van der Waals surface area contributed by atoms with Crippen LogP contribution in [0.5, 0.6) is 0 Å². The van der Waals surface area contributed by atoms with E-state index in [0.717, 1.165) is 5.76 Å². The van der Waals surface area contributed by atoms with E-state index in [9.17, 15) is 4.79 Å². The molecular weight excluding hydrogens is 204 g/mol. The van der Waals surface area contributed by atoms with Crippen LogP contribution in [0.4, 0.5) is 0 Å². The number of amides is 1. The van der Waals surface area contributed by atoms with Gasteiger partial charge in [-0.2, -0.15) is 0 Å². The standard InChI is InChI=1S/C12H14N2O2/c1-3-4-12(15)14(2)8-11-13-7-10(16-11)9-5-6-9/h7,9H,5-6,8H2,1-2H3. The van der Waals surface area contributed by atoms with Crippen LogP contribution in [0.15, 0.2) is 10.6 Å². The first-order chi connectivity index (χ1) is 7.70. The van der Waals surface area contributed by atoms with Crippen LogP contribution >= 0.6 is 0 Å². The Morgan fingerprint density at radius 2 is 2.44 bits per heavy atom. The number of oxazole rings is 1. The van der Waals surface area contributed by atoms with Gasteiger partial charge in [0, 0.05) is 13.0 Å². The Morgan fingerprint density at radius 3 is 3.06 bits per heavy atom. The molecule has 84 valence electrons. The van der Waals surface area contributed by atoms with Crippen molar-refractivity contribution in [3.8, 4) is 11.8 Å². The van der Waals surface area contributed by atoms with E-state index >= 15 is 0 Å². The Morgan fingerprint density at radius 1 is 1.69 bits per heavy atom. The zero-order valence-electron chi connectivity index (χ0n) is 9.49. The first-order valence-corrected chi connectivity index (χ1v) is 5.33. The number of hydrogen-bond donors (Lipinski definition) is 0. The second-order valence-electron chi connectivity index (χ2n) is 3.97. The van der Waals surface area contributed by atoms with E-state index in [4.69, 9.17) is 4.42 Å². The summed E-state index contributed by atoms with van der Waals surface area (Å²) >= 11 is 0. The van der Waals surface area contributed by atoms with Crippen LogP contribution < -0.4 is 0 Å². The molecular formula is C12H14N2O2. The Kier molecular flexibility index (Phi) is 2.95. The van der Waals surface area contributed by atoms with Crippen molar-refractivity contribution in [1.29, 1.82) is 0 Å². The highest BCUT2D eigenvalue weighted by Gasteiger charge is 2.27. The molecule has 1 aliphatic rings. The largest absolute Gasteiger partial charge is 0.443 e. The second-order valence-corrected chi connectivity index (χ2v) is 3.97. The monoisotopic (exact) mass is 218 g/mol. The molecule has 0 spiro atoms. The molecule has 1 aromatic rings. The van der Waals surface area contributed by atoms with E-state index in [0.29, 0.717) is 18.4 Å². The molecule has 1 aliphatic carbocycles. The summed E-state index contributed by atoms with van der Waals surface area (Å²) in [7, 11) is 1.69. The minimum absolute atomic E-state index is 0.214. The zero-order chi connectivity index (χ0) is 11.5. The quantitative estimate of drug-likeness (QED) is 0.723. The van der Waals surface area contributed by atoms with Crippen molar-refractivity contribution in [1.82, 2.24) is 9.88 Å². The van der Waals surface area contributed by atoms with Gasteiger partial charge in [-0.05, 0) is 25.7 Å². The molecule has 0 aliphatic heterocycles. The van der Waals surface area contributed by atoms with Gasteiger partial charge in [-0.25, -0.2) is 4.98 Å². The van der Waals surface area contributed by atoms with Gasteiger partial charge in [-0.15, -0.1) is 0 Å². The lowest BCUT2D eigenvalue weighted by Gasteiger charge is -2.10. The first-order valence-electron chi connectivity index (χ1n) is 5.33. The van der Waals surface area contributed by atoms with Gasteiger partial charge in [-0.1, -0.05) is 5.92 Å². The van der Waals surface area contributed by atoms with Crippen molar-refractivity contribution in [2.75, 3.05) is 7.05 Å². The number of nitrogens with zero attached hydrogens (tertiary/aromatic N) is 2. The maximum atomic E-state index is 11.4. The minimum atomic E-state index is -0.214. The molecule has 4 heteroatoms. The summed E-state index contributed by atoms with van der Waals surface area (Å²) in [6, 6.07) is 0. The molecule has 1 fully saturated rings. The average Bonchev–Trinajstić information content (AvgIpc) is 3.01. The Labute approximate surface area is 94.6 Å². The fourth-order valence-electron chi connectivity index (χ4n) is 1.43. The molecule has 0 radical (unpaired) electrons. The molecule has 1 saturated carbocycles. The van der Waals surface area contributed by atoms with E-state index < -0.39 is 0 Å². The summed E-state index contributed by atoms with van der Waals surface area (Å²) < 4.78 is 5.55. The van der Waals surface area contributed by atoms with E-state index in [1.165, 1.54) is 17.7 Å². The van der Waals surface area contributed by atoms with Crippen molar-refractivity contribution < 1.29 is 9.21 Å². The maximum Gasteiger partial charge on any atom is 0.298 e. The summed E-state index contributed by atoms with van der Waals surface area (Å²) in [5, 5.41) is 0. The smallest absolute Gasteiger partial charge is 0.298 e. The third kappa shape index (κ3) is 2.43. The lowest BCUT2D eigenvalue weighted by Crippen LogP contribution is -2.24. The van der Waals surface area contributed by atoms with E-state index in [2.05, 4.69) is 16.8 Å². The van der Waals surface area contributed by atoms with Crippen LogP contribution in [0.1, 0.15) is 37.3 Å². The van der Waals surface area contributed by atoms with Gasteiger partial charge in [0.1, 0.15) is 5.76 Å². The van der Waals surface area contributed by atoms with Crippen molar-refractivity contribution in [3.05, 3.63) is 17.8 Å². The van der Waals surface area contributed by atoms with Gasteiger partial charge in [-0.3, -0.25) is 4.79 Å². The van der Waals surface area contributed by atoms with Gasteiger partial charge in [0.25, 0.3) is 5.91 Å². The minimum Gasteiger partial charge on any atom is -0.443 e. The zero-order valence-corrected chi connectivity index (χ0v) is 9.49. The van der Waals surface area contributed by atoms with Crippen LogP contribution in [0.3, 0.4) is 0 Å². The van der Waals surface area contributed by atoms with Crippen molar-refractivity contribution >= 4 is 5.91 Å². The summed E-state index contributed by atoms with van der Waals surface area (Å²) in [6.07, 6.45) is 4.13. The van der Waals surface area contributed by atoms with Gasteiger partial charge in [0.05, 0.1) is 12.7 Å². The van der Waals surface area contributed by atoms with Crippen LogP contribution in [0, 0.1) is 11.8 Å². The summed E-state index contributed by atoms with van der Waals surface area (Å²) in [5.41, 5.74) is 0. The molecule has 0 unspecified atom stereocenters. The Hall–Kier alpha value is -1.76. The van der Waals surface area contributed by atoms with Gasteiger partial charge in [0.2, 0.25) is 5.89 Å². The van der Waals surface area contributed by atoms with Crippen molar-refractivity contribution in [2.24, 2.45) is 0 Å². The van der Waals surface area contributed by atoms with Crippen molar-refractivity contribution in [2.45, 2.75) is 32.2 Å².